The van der Waals surface area contributed by atoms with Crippen LogP contribution in [0.2, 0.25) is 0 Å². The summed E-state index contributed by atoms with van der Waals surface area (Å²) in [4.78, 5) is 8.93. The highest BCUT2D eigenvalue weighted by molar-refractivity contribution is 5.72. The van der Waals surface area contributed by atoms with Gasteiger partial charge < -0.3 is 10.4 Å². The van der Waals surface area contributed by atoms with Crippen LogP contribution < -0.4 is 10.6 Å². The molecule has 0 aliphatic rings. The molecule has 0 saturated heterocycles. The van der Waals surface area contributed by atoms with Crippen LogP contribution in [0.25, 0.3) is 16.9 Å². The maximum atomic E-state index is 10.1. The number of para-hydroxylation sites is 1. The Kier molecular flexibility index (Phi) is 5.97. The summed E-state index contributed by atoms with van der Waals surface area (Å²) in [5.41, 5.74) is 4.02. The molecule has 0 aliphatic carbocycles. The first-order chi connectivity index (χ1) is 14.6. The third kappa shape index (κ3) is 4.79. The number of hydrogen-bond acceptors (Lipinski definition) is 7. The molecule has 0 aliphatic heterocycles. The Labute approximate surface area is 175 Å². The molecule has 154 valence electrons. The Morgan fingerprint density at radius 1 is 1.07 bits per heavy atom. The predicted octanol–water partition coefficient (Wildman–Crippen LogP) is 3.41. The van der Waals surface area contributed by atoms with Crippen molar-refractivity contribution in [2.24, 2.45) is 5.92 Å². The zero-order chi connectivity index (χ0) is 20.9. The van der Waals surface area contributed by atoms with E-state index >= 15 is 0 Å². The maximum absolute atomic E-state index is 10.1. The number of nitrogens with one attached hydrogen (secondary N) is 2. The van der Waals surface area contributed by atoms with E-state index in [-0.39, 0.29) is 0 Å². The molecule has 4 rings (SSSR count). The minimum atomic E-state index is -0.528. The highest BCUT2D eigenvalue weighted by Crippen LogP contribution is 2.18. The standard InChI is InChI=1S/C22H25N7O/c1-15(2)11-20(30)23-13-16-7-6-10-18(12-16)29-21-19(27-28-29)14-24-22(26-21)25-17-8-4-3-5-9-17/h3-10,12,14-15,20,23,30H,11,13H2,1-2H3,(H,24,25,26). The lowest BCUT2D eigenvalue weighted by Crippen LogP contribution is -2.29. The van der Waals surface area contributed by atoms with Crippen molar-refractivity contribution in [2.75, 3.05) is 5.32 Å². The molecular weight excluding hydrogens is 378 g/mol. The highest BCUT2D eigenvalue weighted by Gasteiger charge is 2.11. The Morgan fingerprint density at radius 3 is 2.70 bits per heavy atom. The minimum Gasteiger partial charge on any atom is -0.379 e. The first-order valence-corrected chi connectivity index (χ1v) is 10.00. The van der Waals surface area contributed by atoms with E-state index in [1.807, 2.05) is 54.6 Å². The molecule has 0 radical (unpaired) electrons. The number of anilines is 2. The smallest absolute Gasteiger partial charge is 0.229 e. The van der Waals surface area contributed by atoms with Crippen molar-refractivity contribution in [3.63, 3.8) is 0 Å². The van der Waals surface area contributed by atoms with Crippen LogP contribution in [0.15, 0.2) is 60.8 Å². The SMILES string of the molecule is CC(C)CC(O)NCc1cccc(-n2nnc3cnc(Nc4ccccc4)nc32)c1. The molecule has 8 nitrogen and oxygen atoms in total. The van der Waals surface area contributed by atoms with Crippen molar-refractivity contribution in [2.45, 2.75) is 33.0 Å². The van der Waals surface area contributed by atoms with Crippen LogP contribution >= 0.6 is 0 Å². The van der Waals surface area contributed by atoms with Crippen LogP contribution in [0, 0.1) is 5.92 Å². The molecule has 8 heteroatoms. The van der Waals surface area contributed by atoms with Gasteiger partial charge in [-0.15, -0.1) is 5.10 Å². The first-order valence-electron chi connectivity index (χ1n) is 10.00. The van der Waals surface area contributed by atoms with Crippen molar-refractivity contribution in [3.05, 3.63) is 66.4 Å². The van der Waals surface area contributed by atoms with Gasteiger partial charge in [-0.05, 0) is 42.2 Å². The van der Waals surface area contributed by atoms with Crippen molar-refractivity contribution in [1.82, 2.24) is 30.3 Å². The van der Waals surface area contributed by atoms with Gasteiger partial charge in [-0.2, -0.15) is 9.67 Å². The Morgan fingerprint density at radius 2 is 1.90 bits per heavy atom. The lowest BCUT2D eigenvalue weighted by Gasteiger charge is -2.15. The molecule has 0 fully saturated rings. The van der Waals surface area contributed by atoms with Gasteiger partial charge in [0.15, 0.2) is 11.2 Å². The first kappa shape index (κ1) is 19.9. The number of fused-ring (bicyclic) bond motifs is 1. The Hall–Kier alpha value is -3.36. The van der Waals surface area contributed by atoms with E-state index in [0.29, 0.717) is 36.0 Å². The molecule has 4 aromatic rings. The topological polar surface area (TPSA) is 101 Å². The van der Waals surface area contributed by atoms with Gasteiger partial charge in [-0.1, -0.05) is 49.4 Å². The molecule has 1 atom stereocenters. The van der Waals surface area contributed by atoms with Crippen molar-refractivity contribution < 1.29 is 5.11 Å². The zero-order valence-electron chi connectivity index (χ0n) is 17.0. The van der Waals surface area contributed by atoms with Crippen LogP contribution in [0.3, 0.4) is 0 Å². The monoisotopic (exact) mass is 403 g/mol. The molecule has 0 saturated carbocycles. The third-order valence-corrected chi connectivity index (χ3v) is 4.61. The van der Waals surface area contributed by atoms with Gasteiger partial charge in [-0.25, -0.2) is 4.98 Å². The lowest BCUT2D eigenvalue weighted by molar-refractivity contribution is 0.112. The largest absolute Gasteiger partial charge is 0.379 e. The molecule has 0 bridgehead atoms. The quantitative estimate of drug-likeness (QED) is 0.388. The second kappa shape index (κ2) is 8.98. The summed E-state index contributed by atoms with van der Waals surface area (Å²) >= 11 is 0. The maximum Gasteiger partial charge on any atom is 0.229 e. The Balaban J connectivity index is 1.56. The highest BCUT2D eigenvalue weighted by atomic mass is 16.3. The average Bonchev–Trinajstić information content (AvgIpc) is 3.16. The van der Waals surface area contributed by atoms with Gasteiger partial charge in [0.05, 0.1) is 11.9 Å². The van der Waals surface area contributed by atoms with Gasteiger partial charge in [0, 0.05) is 12.2 Å². The number of aliphatic hydroxyl groups excluding tert-OH is 1. The number of aliphatic hydroxyl groups is 1. The van der Waals surface area contributed by atoms with E-state index < -0.39 is 6.23 Å². The Bertz CT molecular complexity index is 1110. The van der Waals surface area contributed by atoms with E-state index in [9.17, 15) is 5.11 Å². The van der Waals surface area contributed by atoms with Crippen LogP contribution in [-0.4, -0.2) is 36.3 Å². The van der Waals surface area contributed by atoms with Crippen LogP contribution in [0.1, 0.15) is 25.8 Å². The van der Waals surface area contributed by atoms with Crippen LogP contribution in [0.5, 0.6) is 0 Å². The van der Waals surface area contributed by atoms with Gasteiger partial charge in [0.2, 0.25) is 5.95 Å². The summed E-state index contributed by atoms with van der Waals surface area (Å²) in [5.74, 6) is 0.908. The minimum absolute atomic E-state index is 0.429. The third-order valence-electron chi connectivity index (χ3n) is 4.61. The molecule has 30 heavy (non-hydrogen) atoms. The fourth-order valence-corrected chi connectivity index (χ4v) is 3.18. The lowest BCUT2D eigenvalue weighted by atomic mass is 10.1. The average molecular weight is 403 g/mol. The van der Waals surface area contributed by atoms with Crippen molar-refractivity contribution in [1.29, 1.82) is 0 Å². The summed E-state index contributed by atoms with van der Waals surface area (Å²) in [6.07, 6.45) is 1.84. The van der Waals surface area contributed by atoms with E-state index in [0.717, 1.165) is 16.9 Å². The number of rotatable bonds is 8. The predicted molar refractivity (Wildman–Crippen MR) is 116 cm³/mol. The van der Waals surface area contributed by atoms with E-state index in [1.54, 1.807) is 10.9 Å². The molecule has 0 amide bonds. The van der Waals surface area contributed by atoms with Gasteiger partial charge in [-0.3, -0.25) is 5.32 Å². The van der Waals surface area contributed by atoms with Crippen LogP contribution in [0.4, 0.5) is 11.6 Å². The van der Waals surface area contributed by atoms with E-state index in [2.05, 4.69) is 44.8 Å². The number of aromatic nitrogens is 5. The van der Waals surface area contributed by atoms with Gasteiger partial charge in [0.1, 0.15) is 6.23 Å². The number of nitrogens with zero attached hydrogens (tertiary/aromatic N) is 5. The van der Waals surface area contributed by atoms with E-state index in [4.69, 9.17) is 0 Å². The summed E-state index contributed by atoms with van der Waals surface area (Å²) in [7, 11) is 0. The number of benzene rings is 2. The molecule has 2 aromatic heterocycles. The second-order valence-electron chi connectivity index (χ2n) is 7.59. The number of hydrogen-bond donors (Lipinski definition) is 3. The second-order valence-corrected chi connectivity index (χ2v) is 7.59. The summed E-state index contributed by atoms with van der Waals surface area (Å²) < 4.78 is 1.70. The summed E-state index contributed by atoms with van der Waals surface area (Å²) in [6.45, 7) is 4.73. The molecule has 2 aromatic carbocycles. The van der Waals surface area contributed by atoms with E-state index in [1.165, 1.54) is 0 Å². The molecule has 1 unspecified atom stereocenters. The van der Waals surface area contributed by atoms with Gasteiger partial charge >= 0.3 is 0 Å². The fraction of sp³-hybridized carbons (Fsp3) is 0.273. The molecular formula is C22H25N7O. The van der Waals surface area contributed by atoms with Crippen LogP contribution in [-0.2, 0) is 6.54 Å². The zero-order valence-corrected chi connectivity index (χ0v) is 17.0. The summed E-state index contributed by atoms with van der Waals surface area (Å²) in [5, 5.41) is 24.9. The molecule has 0 spiro atoms. The fourth-order valence-electron chi connectivity index (χ4n) is 3.18. The van der Waals surface area contributed by atoms with Gasteiger partial charge in [0.25, 0.3) is 0 Å². The van der Waals surface area contributed by atoms with Crippen molar-refractivity contribution >= 4 is 22.8 Å². The molecule has 3 N–H and O–H groups in total. The van der Waals surface area contributed by atoms with Crippen molar-refractivity contribution in [3.8, 4) is 5.69 Å². The normalized spacial score (nSPS) is 12.4. The molecule has 2 heterocycles. The summed E-state index contributed by atoms with van der Waals surface area (Å²) in [6, 6.07) is 17.7.